The normalized spacial score (nSPS) is 10.5. The van der Waals surface area contributed by atoms with Crippen LogP contribution in [-0.4, -0.2) is 31.9 Å². The summed E-state index contributed by atoms with van der Waals surface area (Å²) in [6.45, 7) is 3.75. The van der Waals surface area contributed by atoms with Crippen LogP contribution in [0.1, 0.15) is 17.0 Å². The van der Waals surface area contributed by atoms with E-state index < -0.39 is 11.9 Å². The third-order valence-electron chi connectivity index (χ3n) is 3.00. The van der Waals surface area contributed by atoms with Gasteiger partial charge in [-0.1, -0.05) is 12.2 Å². The minimum absolute atomic E-state index is 0.429. The first kappa shape index (κ1) is 18.2. The second kappa shape index (κ2) is 8.11. The molecule has 2 rings (SSSR count). The first-order chi connectivity index (χ1) is 11.8. The molecule has 0 aliphatic heterocycles. The molecular formula is C17H16N4O3S. The summed E-state index contributed by atoms with van der Waals surface area (Å²) < 4.78 is 0. The fraction of sp³-hybridized carbons (Fsp3) is 0.118. The lowest BCUT2D eigenvalue weighted by Gasteiger charge is -2.09. The molecule has 8 heteroatoms. The van der Waals surface area contributed by atoms with Gasteiger partial charge in [-0.2, -0.15) is 0 Å². The van der Waals surface area contributed by atoms with E-state index in [1.165, 1.54) is 0 Å². The van der Waals surface area contributed by atoms with E-state index in [4.69, 9.17) is 17.3 Å². The van der Waals surface area contributed by atoms with E-state index in [1.807, 2.05) is 19.9 Å². The van der Waals surface area contributed by atoms with Crippen molar-refractivity contribution in [3.8, 4) is 0 Å². The molecule has 128 valence electrons. The number of nitrogens with zero attached hydrogens (tertiary/aromatic N) is 2. The fourth-order valence-electron chi connectivity index (χ4n) is 1.99. The number of rotatable bonds is 5. The van der Waals surface area contributed by atoms with Crippen LogP contribution in [0.2, 0.25) is 0 Å². The average Bonchev–Trinajstić information content (AvgIpc) is 2.52. The van der Waals surface area contributed by atoms with E-state index in [1.54, 1.807) is 24.3 Å². The molecule has 0 saturated heterocycles. The Morgan fingerprint density at radius 3 is 2.20 bits per heavy atom. The Morgan fingerprint density at radius 2 is 1.64 bits per heavy atom. The van der Waals surface area contributed by atoms with E-state index in [0.29, 0.717) is 16.6 Å². The van der Waals surface area contributed by atoms with Gasteiger partial charge in [0.1, 0.15) is 4.99 Å². The molecule has 0 aliphatic carbocycles. The predicted molar refractivity (Wildman–Crippen MR) is 98.7 cm³/mol. The molecule has 0 fully saturated rings. The van der Waals surface area contributed by atoms with Crippen LogP contribution in [0.15, 0.2) is 42.5 Å². The summed E-state index contributed by atoms with van der Waals surface area (Å²) >= 11 is 5.34. The quantitative estimate of drug-likeness (QED) is 0.558. The van der Waals surface area contributed by atoms with Gasteiger partial charge < -0.3 is 15.7 Å². The van der Waals surface area contributed by atoms with Crippen LogP contribution in [0.4, 0.5) is 11.6 Å². The Hall–Kier alpha value is -3.13. The Labute approximate surface area is 149 Å². The zero-order chi connectivity index (χ0) is 18.4. The van der Waals surface area contributed by atoms with Crippen LogP contribution in [0.3, 0.4) is 0 Å². The van der Waals surface area contributed by atoms with Crippen molar-refractivity contribution in [3.05, 3.63) is 59.4 Å². The Kier molecular flexibility index (Phi) is 5.91. The number of aryl methyl sites for hydroxylation is 2. The number of thiocarbonyl (C=S) groups is 1. The Bertz CT molecular complexity index is 827. The molecule has 0 bridgehead atoms. The van der Waals surface area contributed by atoms with Crippen molar-refractivity contribution in [2.75, 3.05) is 10.6 Å². The van der Waals surface area contributed by atoms with Gasteiger partial charge in [-0.05, 0) is 44.2 Å². The molecule has 1 amide bonds. The van der Waals surface area contributed by atoms with Crippen molar-refractivity contribution >= 4 is 40.7 Å². The largest absolute Gasteiger partial charge is 0.478 e. The molecule has 25 heavy (non-hydrogen) atoms. The summed E-state index contributed by atoms with van der Waals surface area (Å²) in [5.74, 6) is -1.28. The van der Waals surface area contributed by atoms with E-state index in [0.717, 1.165) is 29.1 Å². The number of hydrogen-bond acceptors (Lipinski definition) is 5. The summed E-state index contributed by atoms with van der Waals surface area (Å²) in [5, 5.41) is 14.0. The Balaban J connectivity index is 2.02. The Morgan fingerprint density at radius 1 is 1.04 bits per heavy atom. The topological polar surface area (TPSA) is 104 Å². The molecule has 0 atom stereocenters. The lowest BCUT2D eigenvalue weighted by Crippen LogP contribution is -2.14. The number of carboxylic acid groups (broad SMARTS) is 1. The highest BCUT2D eigenvalue weighted by molar-refractivity contribution is 7.81. The van der Waals surface area contributed by atoms with Crippen LogP contribution in [0.5, 0.6) is 0 Å². The molecule has 3 N–H and O–H groups in total. The molecule has 1 aromatic carbocycles. The number of aliphatic carboxylic acids is 1. The minimum atomic E-state index is -1.18. The number of carbonyl (C=O) groups excluding carboxylic acids is 1. The number of carboxylic acids is 1. The van der Waals surface area contributed by atoms with Gasteiger partial charge in [-0.15, -0.1) is 0 Å². The summed E-state index contributed by atoms with van der Waals surface area (Å²) in [7, 11) is 0. The molecule has 7 nitrogen and oxygen atoms in total. The maximum Gasteiger partial charge on any atom is 0.328 e. The lowest BCUT2D eigenvalue weighted by atomic mass is 10.2. The SMILES string of the molecule is Cc1cc(C)nc(NC(=S)c2ccc(NC(=O)C=CC(=O)O)cc2)n1. The average molecular weight is 356 g/mol. The summed E-state index contributed by atoms with van der Waals surface area (Å²) in [6.07, 6.45) is 1.71. The van der Waals surface area contributed by atoms with Gasteiger partial charge in [0.05, 0.1) is 0 Å². The molecule has 0 spiro atoms. The van der Waals surface area contributed by atoms with Gasteiger partial charge in [0.15, 0.2) is 0 Å². The summed E-state index contributed by atoms with van der Waals surface area (Å²) in [4.78, 5) is 30.9. The summed E-state index contributed by atoms with van der Waals surface area (Å²) in [6, 6.07) is 8.66. The van der Waals surface area contributed by atoms with Crippen molar-refractivity contribution in [3.63, 3.8) is 0 Å². The molecule has 0 radical (unpaired) electrons. The molecule has 0 aliphatic rings. The zero-order valence-electron chi connectivity index (χ0n) is 13.6. The molecular weight excluding hydrogens is 340 g/mol. The van der Waals surface area contributed by atoms with E-state index in [-0.39, 0.29) is 0 Å². The standard InChI is InChI=1S/C17H16N4O3S/c1-10-9-11(2)19-17(18-10)21-16(25)12-3-5-13(6-4-12)20-14(22)7-8-15(23)24/h3-9H,1-2H3,(H,20,22)(H,23,24)(H,18,19,21,25). The van der Waals surface area contributed by atoms with Gasteiger partial charge in [-0.3, -0.25) is 4.79 Å². The smallest absolute Gasteiger partial charge is 0.328 e. The van der Waals surface area contributed by atoms with E-state index >= 15 is 0 Å². The van der Waals surface area contributed by atoms with E-state index in [9.17, 15) is 9.59 Å². The lowest BCUT2D eigenvalue weighted by molar-refractivity contribution is -0.131. The second-order valence-electron chi connectivity index (χ2n) is 5.17. The molecule has 1 aromatic heterocycles. The maximum atomic E-state index is 11.5. The van der Waals surface area contributed by atoms with Gasteiger partial charge in [-0.25, -0.2) is 14.8 Å². The number of aromatic nitrogens is 2. The van der Waals surface area contributed by atoms with Crippen molar-refractivity contribution in [2.24, 2.45) is 0 Å². The maximum absolute atomic E-state index is 11.5. The van der Waals surface area contributed by atoms with Gasteiger partial charge in [0, 0.05) is 34.8 Å². The number of nitrogens with one attached hydrogen (secondary N) is 2. The minimum Gasteiger partial charge on any atom is -0.478 e. The van der Waals surface area contributed by atoms with Crippen LogP contribution >= 0.6 is 12.2 Å². The highest BCUT2D eigenvalue weighted by Crippen LogP contribution is 2.12. The van der Waals surface area contributed by atoms with E-state index in [2.05, 4.69) is 20.6 Å². The number of carbonyl (C=O) groups is 2. The van der Waals surface area contributed by atoms with Gasteiger partial charge >= 0.3 is 5.97 Å². The van der Waals surface area contributed by atoms with Crippen LogP contribution in [0.25, 0.3) is 0 Å². The van der Waals surface area contributed by atoms with Gasteiger partial charge in [0.2, 0.25) is 11.9 Å². The molecule has 1 heterocycles. The van der Waals surface area contributed by atoms with Crippen LogP contribution in [-0.2, 0) is 9.59 Å². The summed E-state index contributed by atoms with van der Waals surface area (Å²) in [5.41, 5.74) is 2.93. The second-order valence-corrected chi connectivity index (χ2v) is 5.57. The molecule has 2 aromatic rings. The third kappa shape index (κ3) is 5.78. The number of amides is 1. The predicted octanol–water partition coefficient (Wildman–Crippen LogP) is 2.46. The van der Waals surface area contributed by atoms with Crippen molar-refractivity contribution in [2.45, 2.75) is 13.8 Å². The first-order valence-corrected chi connectivity index (χ1v) is 7.70. The van der Waals surface area contributed by atoms with Crippen molar-refractivity contribution in [1.82, 2.24) is 9.97 Å². The first-order valence-electron chi connectivity index (χ1n) is 7.29. The number of hydrogen-bond donors (Lipinski definition) is 3. The highest BCUT2D eigenvalue weighted by atomic mass is 32.1. The third-order valence-corrected chi connectivity index (χ3v) is 3.34. The molecule has 0 unspecified atom stereocenters. The number of anilines is 2. The van der Waals surface area contributed by atoms with Crippen molar-refractivity contribution in [1.29, 1.82) is 0 Å². The van der Waals surface area contributed by atoms with Crippen LogP contribution in [0, 0.1) is 13.8 Å². The van der Waals surface area contributed by atoms with Crippen molar-refractivity contribution < 1.29 is 14.7 Å². The number of benzene rings is 1. The van der Waals surface area contributed by atoms with Gasteiger partial charge in [0.25, 0.3) is 0 Å². The fourth-order valence-corrected chi connectivity index (χ4v) is 2.22. The zero-order valence-corrected chi connectivity index (χ0v) is 14.4. The van der Waals surface area contributed by atoms with Crippen LogP contribution < -0.4 is 10.6 Å². The monoisotopic (exact) mass is 356 g/mol. The highest BCUT2D eigenvalue weighted by Gasteiger charge is 2.06. The molecule has 0 saturated carbocycles.